The van der Waals surface area contributed by atoms with E-state index in [4.69, 9.17) is 4.74 Å². The van der Waals surface area contributed by atoms with E-state index < -0.39 is 0 Å². The topological polar surface area (TPSA) is 61.8 Å². The predicted octanol–water partition coefficient (Wildman–Crippen LogP) is 2.75. The molecule has 0 bridgehead atoms. The Morgan fingerprint density at radius 3 is 2.69 bits per heavy atom. The van der Waals surface area contributed by atoms with Gasteiger partial charge in [-0.05, 0) is 31.2 Å². The van der Waals surface area contributed by atoms with Gasteiger partial charge >= 0.3 is 6.01 Å². The molecule has 1 atom stereocenters. The second-order valence-corrected chi connectivity index (χ2v) is 8.28. The number of benzene rings is 1. The Morgan fingerprint density at radius 2 is 2.03 bits per heavy atom. The molecule has 3 heterocycles. The molecule has 7 nitrogen and oxygen atoms in total. The molecule has 8 heteroatoms. The highest BCUT2D eigenvalue weighted by Crippen LogP contribution is 2.38. The number of hydrogen-bond acceptors (Lipinski definition) is 6. The van der Waals surface area contributed by atoms with E-state index in [1.807, 2.05) is 13.1 Å². The Kier molecular flexibility index (Phi) is 6.41. The number of aromatic nitrogens is 2. The highest BCUT2D eigenvalue weighted by molar-refractivity contribution is 5.87. The molecular formula is C24H30FN5O2. The molecule has 1 aromatic carbocycles. The number of nitrogens with zero attached hydrogens (tertiary/aromatic N) is 5. The van der Waals surface area contributed by atoms with Gasteiger partial charge in [-0.15, -0.1) is 0 Å². The Bertz CT molecular complexity index is 1020. The van der Waals surface area contributed by atoms with Crippen molar-refractivity contribution in [1.29, 1.82) is 0 Å². The van der Waals surface area contributed by atoms with Gasteiger partial charge in [0.2, 0.25) is 5.91 Å². The first kappa shape index (κ1) is 22.2. The number of piperazine rings is 1. The van der Waals surface area contributed by atoms with Crippen LogP contribution in [0.5, 0.6) is 6.01 Å². The van der Waals surface area contributed by atoms with Crippen molar-refractivity contribution in [1.82, 2.24) is 19.8 Å². The first-order chi connectivity index (χ1) is 15.5. The molecule has 0 aliphatic carbocycles. The van der Waals surface area contributed by atoms with E-state index in [1.54, 1.807) is 18.1 Å². The van der Waals surface area contributed by atoms with E-state index in [-0.39, 0.29) is 17.8 Å². The summed E-state index contributed by atoms with van der Waals surface area (Å²) in [6.07, 6.45) is 2.71. The Hall–Kier alpha value is -3.00. The number of hydrogen-bond donors (Lipinski definition) is 0. The average Bonchev–Trinajstić information content (AvgIpc) is 2.82. The zero-order chi connectivity index (χ0) is 22.8. The Morgan fingerprint density at radius 1 is 1.28 bits per heavy atom. The molecule has 4 rings (SSSR count). The summed E-state index contributed by atoms with van der Waals surface area (Å²) in [5, 5.41) is 0. The van der Waals surface area contributed by atoms with Crippen molar-refractivity contribution in [3.63, 3.8) is 0 Å². The van der Waals surface area contributed by atoms with Gasteiger partial charge < -0.3 is 14.5 Å². The lowest BCUT2D eigenvalue weighted by Gasteiger charge is -2.39. The third-order valence-electron chi connectivity index (χ3n) is 6.48. The molecule has 2 aliphatic rings. The molecule has 2 aromatic rings. The molecule has 1 aromatic heterocycles. The number of anilines is 1. The second kappa shape index (κ2) is 9.24. The maximum absolute atomic E-state index is 14.9. The summed E-state index contributed by atoms with van der Waals surface area (Å²) < 4.78 is 20.3. The first-order valence-corrected chi connectivity index (χ1v) is 11.0. The molecule has 0 radical (unpaired) electrons. The quantitative estimate of drug-likeness (QED) is 0.668. The number of rotatable bonds is 5. The molecule has 1 amide bonds. The predicted molar refractivity (Wildman–Crippen MR) is 121 cm³/mol. The number of fused-ring (bicyclic) bond motifs is 1. The summed E-state index contributed by atoms with van der Waals surface area (Å²) in [6, 6.07) is 5.52. The van der Waals surface area contributed by atoms with Gasteiger partial charge in [0.1, 0.15) is 11.6 Å². The molecule has 1 saturated heterocycles. The van der Waals surface area contributed by atoms with E-state index in [2.05, 4.69) is 33.3 Å². The van der Waals surface area contributed by atoms with Gasteiger partial charge in [-0.2, -0.15) is 9.97 Å². The van der Waals surface area contributed by atoms with Gasteiger partial charge in [-0.3, -0.25) is 9.69 Å². The van der Waals surface area contributed by atoms with E-state index in [9.17, 15) is 9.18 Å². The van der Waals surface area contributed by atoms with Crippen LogP contribution in [0.4, 0.5) is 10.2 Å². The molecule has 0 spiro atoms. The van der Waals surface area contributed by atoms with Crippen molar-refractivity contribution < 1.29 is 13.9 Å². The Labute approximate surface area is 188 Å². The molecule has 1 fully saturated rings. The SMILES string of the molecule is C=CC(=O)N1CCN(c2nc(OC)nc3c2CN(C)C(c2c(F)cccc2CC)C3)CC1. The fourth-order valence-corrected chi connectivity index (χ4v) is 4.73. The van der Waals surface area contributed by atoms with Gasteiger partial charge in [0, 0.05) is 56.3 Å². The average molecular weight is 440 g/mol. The van der Waals surface area contributed by atoms with Crippen LogP contribution < -0.4 is 9.64 Å². The normalized spacial score (nSPS) is 18.9. The minimum atomic E-state index is -0.172. The van der Waals surface area contributed by atoms with Crippen LogP contribution in [0.15, 0.2) is 30.9 Å². The van der Waals surface area contributed by atoms with Gasteiger partial charge in [-0.1, -0.05) is 25.6 Å². The zero-order valence-electron chi connectivity index (χ0n) is 19.0. The van der Waals surface area contributed by atoms with Crippen molar-refractivity contribution in [3.05, 3.63) is 59.1 Å². The van der Waals surface area contributed by atoms with Crippen molar-refractivity contribution in [3.8, 4) is 6.01 Å². The monoisotopic (exact) mass is 439 g/mol. The lowest BCUT2D eigenvalue weighted by Crippen LogP contribution is -2.49. The fourth-order valence-electron chi connectivity index (χ4n) is 4.73. The number of halogens is 1. The number of carbonyl (C=O) groups is 1. The molecule has 0 saturated carbocycles. The van der Waals surface area contributed by atoms with Gasteiger partial charge in [-0.25, -0.2) is 4.39 Å². The number of methoxy groups -OCH3 is 1. The fraction of sp³-hybridized carbons (Fsp3) is 0.458. The lowest BCUT2D eigenvalue weighted by atomic mass is 9.89. The van der Waals surface area contributed by atoms with Crippen LogP contribution >= 0.6 is 0 Å². The summed E-state index contributed by atoms with van der Waals surface area (Å²) in [4.78, 5) is 27.4. The van der Waals surface area contributed by atoms with Crippen LogP contribution in [0.2, 0.25) is 0 Å². The van der Waals surface area contributed by atoms with E-state index in [0.29, 0.717) is 45.2 Å². The maximum Gasteiger partial charge on any atom is 0.318 e. The van der Waals surface area contributed by atoms with Crippen molar-refractivity contribution in [2.24, 2.45) is 0 Å². The van der Waals surface area contributed by atoms with Crippen LogP contribution in [0.3, 0.4) is 0 Å². The highest BCUT2D eigenvalue weighted by atomic mass is 19.1. The summed E-state index contributed by atoms with van der Waals surface area (Å²) in [6.45, 7) is 8.81. The first-order valence-electron chi connectivity index (χ1n) is 11.0. The van der Waals surface area contributed by atoms with Gasteiger partial charge in [0.15, 0.2) is 0 Å². The van der Waals surface area contributed by atoms with Crippen molar-refractivity contribution in [2.75, 3.05) is 45.2 Å². The lowest BCUT2D eigenvalue weighted by molar-refractivity contribution is -0.126. The third kappa shape index (κ3) is 4.07. The van der Waals surface area contributed by atoms with Crippen LogP contribution in [0.25, 0.3) is 0 Å². The standard InChI is InChI=1S/C24H30FN5O2/c1-5-16-8-7-9-18(25)22(16)20-14-19-17(15-28(20)3)23(27-24(26-19)32-4)30-12-10-29(11-13-30)21(31)6-2/h6-9,20H,2,5,10-15H2,1,3-4H3. The molecular weight excluding hydrogens is 409 g/mol. The van der Waals surface area contributed by atoms with Gasteiger partial charge in [0.25, 0.3) is 0 Å². The largest absolute Gasteiger partial charge is 0.467 e. The number of amides is 1. The molecule has 1 unspecified atom stereocenters. The highest BCUT2D eigenvalue weighted by Gasteiger charge is 2.33. The molecule has 32 heavy (non-hydrogen) atoms. The van der Waals surface area contributed by atoms with Crippen LogP contribution in [-0.2, 0) is 24.2 Å². The minimum Gasteiger partial charge on any atom is -0.467 e. The maximum atomic E-state index is 14.9. The minimum absolute atomic E-state index is 0.0499. The summed E-state index contributed by atoms with van der Waals surface area (Å²) in [5.41, 5.74) is 3.71. The van der Waals surface area contributed by atoms with Crippen LogP contribution in [-0.4, -0.2) is 66.0 Å². The number of aryl methyl sites for hydroxylation is 1. The number of carbonyl (C=O) groups excluding carboxylic acids is 1. The second-order valence-electron chi connectivity index (χ2n) is 8.28. The summed E-state index contributed by atoms with van der Waals surface area (Å²) in [7, 11) is 3.58. The van der Waals surface area contributed by atoms with Crippen LogP contribution in [0, 0.1) is 5.82 Å². The third-order valence-corrected chi connectivity index (χ3v) is 6.48. The van der Waals surface area contributed by atoms with E-state index >= 15 is 0 Å². The van der Waals surface area contributed by atoms with Gasteiger partial charge in [0.05, 0.1) is 12.8 Å². The molecule has 2 aliphatic heterocycles. The van der Waals surface area contributed by atoms with E-state index in [1.165, 1.54) is 12.1 Å². The number of ether oxygens (including phenoxy) is 1. The smallest absolute Gasteiger partial charge is 0.318 e. The summed E-state index contributed by atoms with van der Waals surface area (Å²) >= 11 is 0. The number of likely N-dealkylation sites (N-methyl/N-ethyl adjacent to an activating group) is 1. The van der Waals surface area contributed by atoms with Crippen LogP contribution in [0.1, 0.15) is 35.3 Å². The Balaban J connectivity index is 1.67. The molecule has 0 N–H and O–H groups in total. The molecule has 170 valence electrons. The zero-order valence-corrected chi connectivity index (χ0v) is 19.0. The van der Waals surface area contributed by atoms with E-state index in [0.717, 1.165) is 34.6 Å². The van der Waals surface area contributed by atoms with Crippen molar-refractivity contribution >= 4 is 11.7 Å². The van der Waals surface area contributed by atoms with Crippen molar-refractivity contribution in [2.45, 2.75) is 32.4 Å². The summed E-state index contributed by atoms with van der Waals surface area (Å²) in [5.74, 6) is 0.618.